The quantitative estimate of drug-likeness (QED) is 0.808. The van der Waals surface area contributed by atoms with Crippen LogP contribution in [0.25, 0.3) is 0 Å². The van der Waals surface area contributed by atoms with Gasteiger partial charge in [0.15, 0.2) is 0 Å². The van der Waals surface area contributed by atoms with Gasteiger partial charge in [0, 0.05) is 24.6 Å². The summed E-state index contributed by atoms with van der Waals surface area (Å²) in [5.74, 6) is 5.92. The van der Waals surface area contributed by atoms with Crippen LogP contribution >= 0.6 is 11.3 Å². The molecule has 0 amide bonds. The number of hydrogen-bond donors (Lipinski definition) is 1. The summed E-state index contributed by atoms with van der Waals surface area (Å²) < 4.78 is 5.15. The minimum Gasteiger partial charge on any atom is -0.383 e. The highest BCUT2D eigenvalue weighted by Crippen LogP contribution is 2.17. The maximum Gasteiger partial charge on any atom is 0.0772 e. The molecule has 1 atom stereocenters. The predicted octanol–water partition coefficient (Wildman–Crippen LogP) is 1.53. The van der Waals surface area contributed by atoms with Gasteiger partial charge in [-0.3, -0.25) is 4.90 Å². The lowest BCUT2D eigenvalue weighted by Crippen LogP contribution is -2.31. The van der Waals surface area contributed by atoms with Crippen molar-refractivity contribution in [3.63, 3.8) is 0 Å². The topological polar surface area (TPSA) is 38.5 Å². The number of likely N-dealkylation sites (N-methyl/N-ethyl adjacent to an activating group) is 1. The molecule has 94 valence electrons. The van der Waals surface area contributed by atoms with E-state index in [0.717, 1.165) is 18.0 Å². The number of nitrogens with zero attached hydrogens (tertiary/aromatic N) is 1. The molecule has 0 radical (unpaired) electrons. The summed E-state index contributed by atoms with van der Waals surface area (Å²) in [5, 5.41) is 0. The molecule has 0 saturated heterocycles. The highest BCUT2D eigenvalue weighted by atomic mass is 32.1. The van der Waals surface area contributed by atoms with E-state index in [1.165, 1.54) is 4.88 Å². The summed E-state index contributed by atoms with van der Waals surface area (Å²) in [6.07, 6.45) is 0. The van der Waals surface area contributed by atoms with E-state index < -0.39 is 0 Å². The third-order valence-corrected chi connectivity index (χ3v) is 3.53. The van der Waals surface area contributed by atoms with E-state index in [1.807, 2.05) is 0 Å². The normalized spacial score (nSPS) is 12.3. The first-order chi connectivity index (χ1) is 8.17. The first-order valence-electron chi connectivity index (χ1n) is 5.64. The van der Waals surface area contributed by atoms with Gasteiger partial charge >= 0.3 is 0 Å². The molecule has 3 nitrogen and oxygen atoms in total. The van der Waals surface area contributed by atoms with Crippen LogP contribution in [0, 0.1) is 11.8 Å². The maximum atomic E-state index is 5.35. The fourth-order valence-electron chi connectivity index (χ4n) is 1.44. The summed E-state index contributed by atoms with van der Waals surface area (Å²) in [6.45, 7) is 4.26. The van der Waals surface area contributed by atoms with Gasteiger partial charge < -0.3 is 10.5 Å². The van der Waals surface area contributed by atoms with Gasteiger partial charge in [-0.1, -0.05) is 11.8 Å². The van der Waals surface area contributed by atoms with E-state index in [2.05, 4.69) is 42.8 Å². The molecule has 0 aromatic carbocycles. The first kappa shape index (κ1) is 14.2. The predicted molar refractivity (Wildman–Crippen MR) is 73.1 cm³/mol. The average molecular weight is 252 g/mol. The molecule has 2 N–H and O–H groups in total. The zero-order valence-electron chi connectivity index (χ0n) is 10.7. The Kier molecular flexibility index (Phi) is 6.23. The molecule has 1 rings (SSSR count). The largest absolute Gasteiger partial charge is 0.383 e. The highest BCUT2D eigenvalue weighted by molar-refractivity contribution is 7.12. The first-order valence-corrected chi connectivity index (χ1v) is 6.45. The van der Waals surface area contributed by atoms with Crippen LogP contribution in [0.2, 0.25) is 0 Å². The minimum atomic E-state index is 0.415. The van der Waals surface area contributed by atoms with Gasteiger partial charge in [-0.05, 0) is 26.1 Å². The summed E-state index contributed by atoms with van der Waals surface area (Å²) in [4.78, 5) is 4.67. The Balaban J connectivity index is 2.54. The molecule has 1 unspecified atom stereocenters. The number of methoxy groups -OCH3 is 1. The second kappa shape index (κ2) is 7.46. The van der Waals surface area contributed by atoms with Crippen LogP contribution in [0.15, 0.2) is 12.1 Å². The van der Waals surface area contributed by atoms with Crippen LogP contribution in [0.1, 0.15) is 16.7 Å². The van der Waals surface area contributed by atoms with Crippen molar-refractivity contribution in [2.75, 3.05) is 27.3 Å². The monoisotopic (exact) mass is 252 g/mol. The molecule has 0 aliphatic carbocycles. The van der Waals surface area contributed by atoms with Crippen molar-refractivity contribution in [2.45, 2.75) is 19.5 Å². The van der Waals surface area contributed by atoms with E-state index in [9.17, 15) is 0 Å². The van der Waals surface area contributed by atoms with E-state index in [-0.39, 0.29) is 0 Å². The van der Waals surface area contributed by atoms with Crippen molar-refractivity contribution in [1.29, 1.82) is 0 Å². The number of ether oxygens (including phenoxy) is 1. The van der Waals surface area contributed by atoms with Crippen molar-refractivity contribution < 1.29 is 4.74 Å². The van der Waals surface area contributed by atoms with E-state index in [4.69, 9.17) is 10.5 Å². The average Bonchev–Trinajstić information content (AvgIpc) is 2.74. The van der Waals surface area contributed by atoms with Gasteiger partial charge in [-0.2, -0.15) is 0 Å². The van der Waals surface area contributed by atoms with E-state index in [0.29, 0.717) is 12.6 Å². The van der Waals surface area contributed by atoms with Crippen molar-refractivity contribution in [3.05, 3.63) is 21.9 Å². The second-order valence-corrected chi connectivity index (χ2v) is 5.16. The van der Waals surface area contributed by atoms with Crippen LogP contribution in [0.3, 0.4) is 0 Å². The van der Waals surface area contributed by atoms with Crippen molar-refractivity contribution >= 4 is 11.3 Å². The lowest BCUT2D eigenvalue weighted by molar-refractivity contribution is 0.112. The van der Waals surface area contributed by atoms with Crippen molar-refractivity contribution in [3.8, 4) is 11.8 Å². The maximum absolute atomic E-state index is 5.35. The lowest BCUT2D eigenvalue weighted by Gasteiger charge is -2.23. The molecular formula is C13H20N2OS. The number of rotatable bonds is 5. The van der Waals surface area contributed by atoms with Crippen LogP contribution in [0.4, 0.5) is 0 Å². The molecule has 17 heavy (non-hydrogen) atoms. The highest BCUT2D eigenvalue weighted by Gasteiger charge is 2.10. The Labute approximate surface area is 108 Å². The Morgan fingerprint density at radius 2 is 2.29 bits per heavy atom. The molecule has 0 bridgehead atoms. The summed E-state index contributed by atoms with van der Waals surface area (Å²) in [5.41, 5.74) is 5.35. The smallest absolute Gasteiger partial charge is 0.0772 e. The van der Waals surface area contributed by atoms with Crippen LogP contribution in [-0.4, -0.2) is 38.3 Å². The van der Waals surface area contributed by atoms with Gasteiger partial charge in [0.1, 0.15) is 0 Å². The van der Waals surface area contributed by atoms with Gasteiger partial charge in [0.25, 0.3) is 0 Å². The number of nitrogens with two attached hydrogens (primary N) is 1. The lowest BCUT2D eigenvalue weighted by atomic mass is 10.3. The molecule has 0 saturated carbocycles. The number of thiophene rings is 1. The van der Waals surface area contributed by atoms with E-state index in [1.54, 1.807) is 18.4 Å². The SMILES string of the molecule is COCC(C)N(C)Cc1ccc(C#CCN)s1. The molecule has 1 heterocycles. The zero-order chi connectivity index (χ0) is 12.7. The number of hydrogen-bond acceptors (Lipinski definition) is 4. The van der Waals surface area contributed by atoms with Gasteiger partial charge in [0.2, 0.25) is 0 Å². The Bertz CT molecular complexity index is 392. The molecule has 0 spiro atoms. The summed E-state index contributed by atoms with van der Waals surface area (Å²) >= 11 is 1.73. The fraction of sp³-hybridized carbons (Fsp3) is 0.538. The Morgan fingerprint density at radius 1 is 1.53 bits per heavy atom. The molecule has 0 fully saturated rings. The third-order valence-electron chi connectivity index (χ3n) is 2.54. The summed E-state index contributed by atoms with van der Waals surface area (Å²) in [6, 6.07) is 4.60. The Morgan fingerprint density at radius 3 is 2.94 bits per heavy atom. The van der Waals surface area contributed by atoms with Crippen LogP contribution in [-0.2, 0) is 11.3 Å². The molecule has 4 heteroatoms. The van der Waals surface area contributed by atoms with Crippen LogP contribution < -0.4 is 5.73 Å². The molecule has 0 aliphatic heterocycles. The third kappa shape index (κ3) is 4.88. The molecule has 0 aliphatic rings. The molecular weight excluding hydrogens is 232 g/mol. The zero-order valence-corrected chi connectivity index (χ0v) is 11.5. The van der Waals surface area contributed by atoms with Gasteiger partial charge in [-0.25, -0.2) is 0 Å². The van der Waals surface area contributed by atoms with Crippen LogP contribution in [0.5, 0.6) is 0 Å². The second-order valence-electron chi connectivity index (χ2n) is 3.99. The standard InChI is InChI=1S/C13H20N2OS/c1-11(10-16-3)15(2)9-13-7-6-12(17-13)5-4-8-14/h6-7,11H,8-10,14H2,1-3H3. The minimum absolute atomic E-state index is 0.415. The molecule has 1 aromatic rings. The molecule has 1 aromatic heterocycles. The van der Waals surface area contributed by atoms with Crippen molar-refractivity contribution in [2.24, 2.45) is 5.73 Å². The summed E-state index contributed by atoms with van der Waals surface area (Å²) in [7, 11) is 3.84. The van der Waals surface area contributed by atoms with E-state index >= 15 is 0 Å². The Hall–Kier alpha value is -0.860. The fourth-order valence-corrected chi connectivity index (χ4v) is 2.38. The van der Waals surface area contributed by atoms with Gasteiger partial charge in [0.05, 0.1) is 18.0 Å². The van der Waals surface area contributed by atoms with Gasteiger partial charge in [-0.15, -0.1) is 11.3 Å². The van der Waals surface area contributed by atoms with Crippen molar-refractivity contribution in [1.82, 2.24) is 4.90 Å².